The number of halogens is 2. The van der Waals surface area contributed by atoms with Gasteiger partial charge in [0, 0.05) is 0 Å². The summed E-state index contributed by atoms with van der Waals surface area (Å²) in [7, 11) is -3.85. The summed E-state index contributed by atoms with van der Waals surface area (Å²) in [6.45, 7) is -0.193. The average Bonchev–Trinajstić information content (AvgIpc) is 2.08. The molecule has 8 heteroatoms. The number of hydrogen-bond acceptors (Lipinski definition) is 5. The molecular weight excluding hydrogens is 248 g/mol. The molecule has 1 saturated heterocycles. The van der Waals surface area contributed by atoms with E-state index in [-0.39, 0.29) is 11.5 Å². The lowest BCUT2D eigenvalue weighted by atomic mass is 10.1. The Labute approximate surface area is 91.9 Å². The topological polar surface area (TPSA) is 55.4 Å². The van der Waals surface area contributed by atoms with Crippen molar-refractivity contribution in [2.75, 3.05) is 24.4 Å². The van der Waals surface area contributed by atoms with E-state index in [1.54, 1.807) is 6.26 Å². The summed E-state index contributed by atoms with van der Waals surface area (Å²) >= 11 is 1.02. The number of nitrogens with one attached hydrogen (secondary N) is 1. The molecule has 15 heavy (non-hydrogen) atoms. The van der Waals surface area contributed by atoms with Crippen molar-refractivity contribution in [2.45, 2.75) is 18.4 Å². The summed E-state index contributed by atoms with van der Waals surface area (Å²) in [5.41, 5.74) is 0. The normalized spacial score (nSPS) is 26.5. The minimum Gasteiger partial charge on any atom is -0.311 e. The second-order valence-electron chi connectivity index (χ2n) is 3.28. The fourth-order valence-electron chi connectivity index (χ4n) is 1.28. The van der Waals surface area contributed by atoms with Crippen molar-refractivity contribution in [1.29, 1.82) is 0 Å². The third-order valence-electron chi connectivity index (χ3n) is 1.94. The summed E-state index contributed by atoms with van der Waals surface area (Å²) < 4.78 is 53.2. The summed E-state index contributed by atoms with van der Waals surface area (Å²) in [4.78, 5) is 0. The quantitative estimate of drug-likeness (QED) is 0.753. The Balaban J connectivity index is 2.64. The number of rotatable bonds is 4. The number of hydrogen-bond donors (Lipinski definition) is 1. The predicted molar refractivity (Wildman–Crippen MR) is 54.6 cm³/mol. The van der Waals surface area contributed by atoms with Crippen molar-refractivity contribution in [3.05, 3.63) is 0 Å². The zero-order valence-electron chi connectivity index (χ0n) is 8.20. The van der Waals surface area contributed by atoms with Crippen molar-refractivity contribution in [3.63, 3.8) is 0 Å². The Morgan fingerprint density at radius 2 is 2.27 bits per heavy atom. The zero-order chi connectivity index (χ0) is 11.5. The van der Waals surface area contributed by atoms with Crippen LogP contribution in [-0.4, -0.2) is 44.9 Å². The van der Waals surface area contributed by atoms with Gasteiger partial charge in [0.1, 0.15) is 11.2 Å². The van der Waals surface area contributed by atoms with Gasteiger partial charge in [0.2, 0.25) is 0 Å². The summed E-state index contributed by atoms with van der Waals surface area (Å²) in [5, 5.41) is 2.19. The van der Waals surface area contributed by atoms with Crippen LogP contribution in [0.1, 0.15) is 6.42 Å². The molecule has 0 amide bonds. The molecule has 1 N–H and O–H groups in total. The maximum Gasteiger partial charge on any atom is 0.287 e. The first-order chi connectivity index (χ1) is 6.87. The van der Waals surface area contributed by atoms with E-state index >= 15 is 0 Å². The smallest absolute Gasteiger partial charge is 0.287 e. The highest BCUT2D eigenvalue weighted by atomic mass is 32.3. The predicted octanol–water partition coefficient (Wildman–Crippen LogP) is 0.651. The molecule has 1 atom stereocenters. The van der Waals surface area contributed by atoms with Gasteiger partial charge in [-0.05, 0) is 19.2 Å². The van der Waals surface area contributed by atoms with Crippen LogP contribution in [0.5, 0.6) is 0 Å². The molecule has 0 aromatic rings. The number of piperidine rings is 1. The van der Waals surface area contributed by atoms with E-state index in [4.69, 9.17) is 0 Å². The molecule has 0 aromatic heterocycles. The van der Waals surface area contributed by atoms with Crippen LogP contribution in [0.4, 0.5) is 8.78 Å². The lowest BCUT2D eigenvalue weighted by Crippen LogP contribution is -2.51. The Hall–Kier alpha value is 0.0800. The number of alkyl halides is 2. The molecule has 1 fully saturated rings. The average molecular weight is 261 g/mol. The highest BCUT2D eigenvalue weighted by Crippen LogP contribution is 2.27. The van der Waals surface area contributed by atoms with Crippen LogP contribution in [0.25, 0.3) is 0 Å². The van der Waals surface area contributed by atoms with Gasteiger partial charge in [-0.15, -0.1) is 11.8 Å². The highest BCUT2D eigenvalue weighted by Gasteiger charge is 2.44. The molecule has 1 heterocycles. The number of thioether (sulfide) groups is 1. The minimum absolute atomic E-state index is 0.000606. The Morgan fingerprint density at radius 3 is 2.80 bits per heavy atom. The molecule has 0 bridgehead atoms. The fraction of sp³-hybridized carbons (Fsp3) is 1.00. The molecule has 1 aliphatic heterocycles. The van der Waals surface area contributed by atoms with Gasteiger partial charge in [0.25, 0.3) is 16.0 Å². The first-order valence-corrected chi connectivity index (χ1v) is 7.33. The van der Waals surface area contributed by atoms with Crippen LogP contribution in [-0.2, 0) is 14.3 Å². The van der Waals surface area contributed by atoms with Crippen LogP contribution in [0.15, 0.2) is 0 Å². The largest absolute Gasteiger partial charge is 0.311 e. The second-order valence-corrected chi connectivity index (χ2v) is 6.10. The van der Waals surface area contributed by atoms with Gasteiger partial charge in [-0.25, -0.2) is 8.78 Å². The Morgan fingerprint density at radius 1 is 1.60 bits per heavy atom. The highest BCUT2D eigenvalue weighted by molar-refractivity contribution is 8.10. The summed E-state index contributed by atoms with van der Waals surface area (Å²) in [5.74, 6) is -3.12. The van der Waals surface area contributed by atoms with Crippen LogP contribution in [0.2, 0.25) is 0 Å². The first-order valence-electron chi connectivity index (χ1n) is 4.36. The molecule has 0 aliphatic carbocycles. The molecule has 1 rings (SSSR count). The third kappa shape index (κ3) is 3.86. The van der Waals surface area contributed by atoms with E-state index in [9.17, 15) is 17.2 Å². The zero-order valence-corrected chi connectivity index (χ0v) is 9.84. The molecule has 1 unspecified atom stereocenters. The van der Waals surface area contributed by atoms with E-state index in [2.05, 4.69) is 9.50 Å². The SMILES string of the molecule is CSCS(=O)(=O)OC1CCNCC1(F)F. The van der Waals surface area contributed by atoms with Crippen LogP contribution < -0.4 is 5.32 Å². The molecular formula is C7H13F2NO3S2. The van der Waals surface area contributed by atoms with Gasteiger partial charge >= 0.3 is 0 Å². The van der Waals surface area contributed by atoms with Crippen LogP contribution in [0.3, 0.4) is 0 Å². The fourth-order valence-corrected chi connectivity index (χ4v) is 3.25. The molecule has 4 nitrogen and oxygen atoms in total. The van der Waals surface area contributed by atoms with E-state index < -0.39 is 28.7 Å². The molecule has 0 saturated carbocycles. The second kappa shape index (κ2) is 4.94. The standard InChI is InChI=1S/C7H13F2NO3S2/c1-14-5-15(11,12)13-6-2-3-10-4-7(6,8)9/h6,10H,2-5H2,1H3. The van der Waals surface area contributed by atoms with Gasteiger partial charge in [0.05, 0.1) is 6.54 Å². The van der Waals surface area contributed by atoms with E-state index in [1.165, 1.54) is 0 Å². The molecule has 1 aliphatic rings. The monoisotopic (exact) mass is 261 g/mol. The van der Waals surface area contributed by atoms with E-state index in [1.807, 2.05) is 0 Å². The maximum absolute atomic E-state index is 13.2. The van der Waals surface area contributed by atoms with Crippen molar-refractivity contribution in [2.24, 2.45) is 0 Å². The molecule has 0 radical (unpaired) electrons. The molecule has 90 valence electrons. The summed E-state index contributed by atoms with van der Waals surface area (Å²) in [6, 6.07) is 0. The maximum atomic E-state index is 13.2. The van der Waals surface area contributed by atoms with Gasteiger partial charge < -0.3 is 5.32 Å². The van der Waals surface area contributed by atoms with E-state index in [0.717, 1.165) is 11.8 Å². The van der Waals surface area contributed by atoms with Gasteiger partial charge in [-0.1, -0.05) is 0 Å². The molecule has 0 spiro atoms. The van der Waals surface area contributed by atoms with Gasteiger partial charge in [0.15, 0.2) is 0 Å². The Bertz CT molecular complexity index is 307. The first kappa shape index (κ1) is 13.1. The van der Waals surface area contributed by atoms with Crippen LogP contribution in [0, 0.1) is 0 Å². The molecule has 0 aromatic carbocycles. The Kier molecular flexibility index (Phi) is 4.33. The lowest BCUT2D eigenvalue weighted by Gasteiger charge is -2.30. The van der Waals surface area contributed by atoms with Crippen LogP contribution >= 0.6 is 11.8 Å². The lowest BCUT2D eigenvalue weighted by molar-refractivity contribution is -0.106. The van der Waals surface area contributed by atoms with Gasteiger partial charge in [-0.3, -0.25) is 4.18 Å². The van der Waals surface area contributed by atoms with Crippen molar-refractivity contribution in [1.82, 2.24) is 5.32 Å². The van der Waals surface area contributed by atoms with Gasteiger partial charge in [-0.2, -0.15) is 8.42 Å². The van der Waals surface area contributed by atoms with Crippen molar-refractivity contribution >= 4 is 21.9 Å². The minimum atomic E-state index is -3.85. The summed E-state index contributed by atoms with van der Waals surface area (Å²) in [6.07, 6.45) is 0.0399. The van der Waals surface area contributed by atoms with Crippen molar-refractivity contribution < 1.29 is 21.4 Å². The van der Waals surface area contributed by atoms with Crippen molar-refractivity contribution in [3.8, 4) is 0 Å². The van der Waals surface area contributed by atoms with E-state index in [0.29, 0.717) is 6.54 Å². The third-order valence-corrected chi connectivity index (χ3v) is 4.56.